The lowest BCUT2D eigenvalue weighted by Gasteiger charge is -2.35. The Kier molecular flexibility index (Phi) is 4.62. The number of nitrogens with zero attached hydrogens (tertiary/aromatic N) is 1. The average Bonchev–Trinajstić information content (AvgIpc) is 2.50. The number of aromatic carboxylic acids is 1. The fourth-order valence-electron chi connectivity index (χ4n) is 2.62. The molecule has 0 radical (unpaired) electrons. The van der Waals surface area contributed by atoms with Crippen molar-refractivity contribution < 1.29 is 14.7 Å². The predicted molar refractivity (Wildman–Crippen MR) is 81.7 cm³/mol. The maximum atomic E-state index is 12.1. The van der Waals surface area contributed by atoms with Gasteiger partial charge in [0.2, 0.25) is 5.91 Å². The molecular weight excluding hydrogens is 268 g/mol. The van der Waals surface area contributed by atoms with E-state index in [1.807, 2.05) is 11.8 Å². The summed E-state index contributed by atoms with van der Waals surface area (Å²) in [7, 11) is 0. The minimum atomic E-state index is -0.924. The number of amides is 1. The van der Waals surface area contributed by atoms with Crippen LogP contribution in [0.2, 0.25) is 0 Å². The standard InChI is InChI=1S/C16H20N2O3/c1-3-8-17-15(19)11(2)18-9-4-5-12-10-13(16(20)21)6-7-14(12)18/h3,6-7,10-11H,1,4-5,8-9H2,2H3,(H,17,19)(H,20,21). The fraction of sp³-hybridized carbons (Fsp3) is 0.375. The first-order valence-corrected chi connectivity index (χ1v) is 7.06. The molecule has 0 saturated carbocycles. The van der Waals surface area contributed by atoms with E-state index >= 15 is 0 Å². The van der Waals surface area contributed by atoms with Crippen molar-refractivity contribution in [3.05, 3.63) is 42.0 Å². The van der Waals surface area contributed by atoms with Crippen molar-refractivity contribution in [2.24, 2.45) is 0 Å². The maximum absolute atomic E-state index is 12.1. The van der Waals surface area contributed by atoms with Crippen LogP contribution in [0.1, 0.15) is 29.3 Å². The van der Waals surface area contributed by atoms with Crippen molar-refractivity contribution in [3.8, 4) is 0 Å². The van der Waals surface area contributed by atoms with Gasteiger partial charge in [-0.15, -0.1) is 6.58 Å². The number of carbonyl (C=O) groups excluding carboxylic acids is 1. The van der Waals surface area contributed by atoms with Gasteiger partial charge in [-0.3, -0.25) is 4.79 Å². The smallest absolute Gasteiger partial charge is 0.335 e. The molecule has 1 aliphatic heterocycles. The Morgan fingerprint density at radius 3 is 2.95 bits per heavy atom. The number of aryl methyl sites for hydroxylation is 1. The van der Waals surface area contributed by atoms with Gasteiger partial charge in [-0.2, -0.15) is 0 Å². The van der Waals surface area contributed by atoms with Crippen LogP contribution in [0.15, 0.2) is 30.9 Å². The largest absolute Gasteiger partial charge is 0.478 e. The third-order valence-corrected chi connectivity index (χ3v) is 3.75. The maximum Gasteiger partial charge on any atom is 0.335 e. The summed E-state index contributed by atoms with van der Waals surface area (Å²) in [4.78, 5) is 25.2. The number of carboxylic acid groups (broad SMARTS) is 1. The van der Waals surface area contributed by atoms with Crippen molar-refractivity contribution in [2.75, 3.05) is 18.0 Å². The number of fused-ring (bicyclic) bond motifs is 1. The van der Waals surface area contributed by atoms with Crippen LogP contribution in [-0.2, 0) is 11.2 Å². The summed E-state index contributed by atoms with van der Waals surface area (Å²) in [6.07, 6.45) is 3.40. The van der Waals surface area contributed by atoms with Gasteiger partial charge in [0.05, 0.1) is 5.56 Å². The van der Waals surface area contributed by atoms with Crippen molar-refractivity contribution in [1.82, 2.24) is 5.32 Å². The first kappa shape index (κ1) is 15.1. The van der Waals surface area contributed by atoms with Gasteiger partial charge in [0, 0.05) is 18.8 Å². The Morgan fingerprint density at radius 2 is 2.29 bits per heavy atom. The fourth-order valence-corrected chi connectivity index (χ4v) is 2.62. The monoisotopic (exact) mass is 288 g/mol. The third-order valence-electron chi connectivity index (χ3n) is 3.75. The quantitative estimate of drug-likeness (QED) is 0.811. The number of rotatable bonds is 5. The molecule has 1 aromatic carbocycles. The molecule has 1 unspecified atom stereocenters. The Labute approximate surface area is 124 Å². The Bertz CT molecular complexity index is 569. The number of nitrogens with one attached hydrogen (secondary N) is 1. The second-order valence-electron chi connectivity index (χ2n) is 5.16. The molecule has 5 heteroatoms. The lowest BCUT2D eigenvalue weighted by atomic mass is 9.97. The average molecular weight is 288 g/mol. The van der Waals surface area contributed by atoms with Gasteiger partial charge >= 0.3 is 5.97 Å². The lowest BCUT2D eigenvalue weighted by molar-refractivity contribution is -0.121. The molecule has 0 aliphatic carbocycles. The van der Waals surface area contributed by atoms with Crippen LogP contribution < -0.4 is 10.2 Å². The minimum absolute atomic E-state index is 0.0509. The highest BCUT2D eigenvalue weighted by Crippen LogP contribution is 2.29. The summed E-state index contributed by atoms with van der Waals surface area (Å²) in [5.41, 5.74) is 2.23. The van der Waals surface area contributed by atoms with E-state index in [0.717, 1.165) is 30.6 Å². The number of hydrogen-bond donors (Lipinski definition) is 2. The normalized spacial score (nSPS) is 15.0. The van der Waals surface area contributed by atoms with Gasteiger partial charge in [-0.25, -0.2) is 4.79 Å². The first-order valence-electron chi connectivity index (χ1n) is 7.06. The zero-order chi connectivity index (χ0) is 15.4. The van der Waals surface area contributed by atoms with E-state index in [0.29, 0.717) is 12.1 Å². The van der Waals surface area contributed by atoms with Gasteiger partial charge in [0.25, 0.3) is 0 Å². The third kappa shape index (κ3) is 3.24. The molecule has 1 aromatic rings. The van der Waals surface area contributed by atoms with Crippen LogP contribution in [-0.4, -0.2) is 36.1 Å². The number of hydrogen-bond acceptors (Lipinski definition) is 3. The molecule has 0 bridgehead atoms. The summed E-state index contributed by atoms with van der Waals surface area (Å²) >= 11 is 0. The molecule has 0 spiro atoms. The van der Waals surface area contributed by atoms with E-state index in [4.69, 9.17) is 5.11 Å². The highest BCUT2D eigenvalue weighted by Gasteiger charge is 2.26. The van der Waals surface area contributed by atoms with Crippen molar-refractivity contribution >= 4 is 17.6 Å². The van der Waals surface area contributed by atoms with Gasteiger partial charge in [-0.1, -0.05) is 6.08 Å². The molecule has 1 atom stereocenters. The van der Waals surface area contributed by atoms with Crippen LogP contribution in [0.4, 0.5) is 5.69 Å². The van der Waals surface area contributed by atoms with E-state index in [-0.39, 0.29) is 11.9 Å². The highest BCUT2D eigenvalue weighted by atomic mass is 16.4. The SMILES string of the molecule is C=CCNC(=O)C(C)N1CCCc2cc(C(=O)O)ccc21. The predicted octanol–water partition coefficient (Wildman–Crippen LogP) is 1.83. The first-order chi connectivity index (χ1) is 10.0. The van der Waals surface area contributed by atoms with E-state index < -0.39 is 5.97 Å². The second-order valence-corrected chi connectivity index (χ2v) is 5.16. The van der Waals surface area contributed by atoms with Crippen molar-refractivity contribution in [2.45, 2.75) is 25.8 Å². The van der Waals surface area contributed by atoms with Crippen molar-refractivity contribution in [3.63, 3.8) is 0 Å². The van der Waals surface area contributed by atoms with E-state index in [1.54, 1.807) is 24.3 Å². The summed E-state index contributed by atoms with van der Waals surface area (Å²) in [5, 5.41) is 11.9. The number of anilines is 1. The summed E-state index contributed by atoms with van der Waals surface area (Å²) in [6.45, 7) is 6.68. The summed E-state index contributed by atoms with van der Waals surface area (Å²) in [5.74, 6) is -0.975. The molecule has 1 aliphatic rings. The van der Waals surface area contributed by atoms with Gasteiger partial charge in [0.15, 0.2) is 0 Å². The molecular formula is C16H20N2O3. The van der Waals surface area contributed by atoms with Crippen LogP contribution in [0.25, 0.3) is 0 Å². The minimum Gasteiger partial charge on any atom is -0.478 e. The Balaban J connectivity index is 2.23. The Morgan fingerprint density at radius 1 is 1.52 bits per heavy atom. The second kappa shape index (κ2) is 6.43. The molecule has 5 nitrogen and oxygen atoms in total. The zero-order valence-electron chi connectivity index (χ0n) is 12.1. The van der Waals surface area contributed by atoms with E-state index in [9.17, 15) is 9.59 Å². The molecule has 0 aromatic heterocycles. The number of carboxylic acids is 1. The molecule has 0 saturated heterocycles. The number of benzene rings is 1. The van der Waals surface area contributed by atoms with Crippen molar-refractivity contribution in [1.29, 1.82) is 0 Å². The van der Waals surface area contributed by atoms with Gasteiger partial charge in [-0.05, 0) is 43.5 Å². The molecule has 2 rings (SSSR count). The zero-order valence-corrected chi connectivity index (χ0v) is 12.1. The van der Waals surface area contributed by atoms with Crippen LogP contribution in [0.5, 0.6) is 0 Å². The molecule has 0 fully saturated rings. The van der Waals surface area contributed by atoms with Crippen LogP contribution >= 0.6 is 0 Å². The molecule has 1 heterocycles. The molecule has 2 N–H and O–H groups in total. The van der Waals surface area contributed by atoms with Crippen LogP contribution in [0, 0.1) is 0 Å². The van der Waals surface area contributed by atoms with Gasteiger partial charge < -0.3 is 15.3 Å². The summed E-state index contributed by atoms with van der Waals surface area (Å²) in [6, 6.07) is 4.81. The number of carbonyl (C=O) groups is 2. The highest BCUT2D eigenvalue weighted by molar-refractivity contribution is 5.89. The summed E-state index contributed by atoms with van der Waals surface area (Å²) < 4.78 is 0. The molecule has 112 valence electrons. The lowest BCUT2D eigenvalue weighted by Crippen LogP contribution is -2.47. The van der Waals surface area contributed by atoms with Crippen LogP contribution in [0.3, 0.4) is 0 Å². The van der Waals surface area contributed by atoms with E-state index in [2.05, 4.69) is 11.9 Å². The molecule has 1 amide bonds. The molecule has 21 heavy (non-hydrogen) atoms. The topological polar surface area (TPSA) is 69.6 Å². The van der Waals surface area contributed by atoms with Gasteiger partial charge in [0.1, 0.15) is 6.04 Å². The van der Waals surface area contributed by atoms with E-state index in [1.165, 1.54) is 0 Å². The Hall–Kier alpha value is -2.30.